The van der Waals surface area contributed by atoms with Crippen molar-refractivity contribution >= 4 is 11.7 Å². The molecule has 0 saturated heterocycles. The summed E-state index contributed by atoms with van der Waals surface area (Å²) in [6, 6.07) is 13.1. The molecule has 2 aromatic carbocycles. The Bertz CT molecular complexity index is 917. The van der Waals surface area contributed by atoms with Crippen molar-refractivity contribution in [3.8, 4) is 11.3 Å². The zero-order valence-corrected chi connectivity index (χ0v) is 14.8. The third-order valence-corrected chi connectivity index (χ3v) is 4.07. The highest BCUT2D eigenvalue weighted by Crippen LogP contribution is 2.26. The van der Waals surface area contributed by atoms with Crippen LogP contribution in [-0.4, -0.2) is 25.2 Å². The maximum Gasteiger partial charge on any atom is 0.338 e. The Morgan fingerprint density at radius 3 is 2.62 bits per heavy atom. The molecule has 134 valence electrons. The number of benzene rings is 2. The first-order valence-corrected chi connectivity index (χ1v) is 8.11. The van der Waals surface area contributed by atoms with Crippen molar-refractivity contribution < 1.29 is 18.4 Å². The summed E-state index contributed by atoms with van der Waals surface area (Å²) in [5.41, 5.74) is 3.38. The van der Waals surface area contributed by atoms with Gasteiger partial charge in [-0.2, -0.15) is 0 Å². The van der Waals surface area contributed by atoms with Crippen LogP contribution in [0.15, 0.2) is 53.1 Å². The van der Waals surface area contributed by atoms with E-state index < -0.39 is 5.97 Å². The maximum atomic E-state index is 13.1. The van der Waals surface area contributed by atoms with Crippen LogP contribution in [0.3, 0.4) is 0 Å². The average Bonchev–Trinajstić information content (AvgIpc) is 3.01. The lowest BCUT2D eigenvalue weighted by atomic mass is 10.1. The number of carbonyl (C=O) groups is 1. The molecular formula is C20H19FN2O3. The van der Waals surface area contributed by atoms with Gasteiger partial charge >= 0.3 is 5.97 Å². The fourth-order valence-electron chi connectivity index (χ4n) is 2.50. The largest absolute Gasteiger partial charge is 0.455 e. The number of nitrogens with zero attached hydrogens (tertiary/aromatic N) is 2. The normalized spacial score (nSPS) is 10.6. The number of halogens is 1. The number of hydrogen-bond donors (Lipinski definition) is 0. The van der Waals surface area contributed by atoms with Gasteiger partial charge < -0.3 is 14.2 Å². The van der Waals surface area contributed by atoms with E-state index in [1.807, 2.05) is 32.0 Å². The molecule has 26 heavy (non-hydrogen) atoms. The van der Waals surface area contributed by atoms with Crippen molar-refractivity contribution in [3.05, 3.63) is 71.2 Å². The minimum absolute atomic E-state index is 0.00154. The second-order valence-corrected chi connectivity index (χ2v) is 6.11. The molecule has 0 unspecified atom stereocenters. The second kappa shape index (κ2) is 7.39. The van der Waals surface area contributed by atoms with Crippen molar-refractivity contribution in [2.24, 2.45) is 0 Å². The summed E-state index contributed by atoms with van der Waals surface area (Å²) in [7, 11) is 3.81. The van der Waals surface area contributed by atoms with Crippen LogP contribution < -0.4 is 4.90 Å². The molecule has 0 amide bonds. The molecule has 3 rings (SSSR count). The SMILES string of the molecule is Cc1c(COC(=O)c2cccc(N(C)C)c2)noc1-c1ccc(F)cc1. The van der Waals surface area contributed by atoms with Crippen molar-refractivity contribution in [3.63, 3.8) is 0 Å². The number of esters is 1. The lowest BCUT2D eigenvalue weighted by Crippen LogP contribution is -2.11. The molecule has 0 fully saturated rings. The smallest absolute Gasteiger partial charge is 0.338 e. The predicted octanol–water partition coefficient (Wildman–Crippen LogP) is 4.21. The monoisotopic (exact) mass is 354 g/mol. The third-order valence-electron chi connectivity index (χ3n) is 4.07. The van der Waals surface area contributed by atoms with Gasteiger partial charge in [-0.3, -0.25) is 0 Å². The summed E-state index contributed by atoms with van der Waals surface area (Å²) >= 11 is 0. The minimum atomic E-state index is -0.431. The molecule has 1 heterocycles. The van der Waals surface area contributed by atoms with Gasteiger partial charge in [0.05, 0.1) is 5.56 Å². The molecule has 0 saturated carbocycles. The molecule has 3 aromatic rings. The van der Waals surface area contributed by atoms with Gasteiger partial charge in [0.15, 0.2) is 5.76 Å². The van der Waals surface area contributed by atoms with Gasteiger partial charge in [-0.25, -0.2) is 9.18 Å². The van der Waals surface area contributed by atoms with Crippen molar-refractivity contribution in [2.45, 2.75) is 13.5 Å². The van der Waals surface area contributed by atoms with E-state index in [-0.39, 0.29) is 12.4 Å². The lowest BCUT2D eigenvalue weighted by molar-refractivity contribution is 0.0464. The predicted molar refractivity (Wildman–Crippen MR) is 96.5 cm³/mol. The van der Waals surface area contributed by atoms with Gasteiger partial charge in [0.2, 0.25) is 0 Å². The highest BCUT2D eigenvalue weighted by atomic mass is 19.1. The van der Waals surface area contributed by atoms with Crippen LogP contribution in [0.4, 0.5) is 10.1 Å². The van der Waals surface area contributed by atoms with Gasteiger partial charge in [0.1, 0.15) is 18.1 Å². The number of rotatable bonds is 5. The Hall–Kier alpha value is -3.15. The molecule has 5 nitrogen and oxygen atoms in total. The van der Waals surface area contributed by atoms with Crippen LogP contribution in [-0.2, 0) is 11.3 Å². The van der Waals surface area contributed by atoms with Crippen LogP contribution >= 0.6 is 0 Å². The summed E-state index contributed by atoms with van der Waals surface area (Å²) in [5, 5.41) is 3.97. The maximum absolute atomic E-state index is 13.1. The lowest BCUT2D eigenvalue weighted by Gasteiger charge is -2.13. The van der Waals surface area contributed by atoms with Crippen LogP contribution in [0.5, 0.6) is 0 Å². The van der Waals surface area contributed by atoms with E-state index in [1.165, 1.54) is 12.1 Å². The zero-order chi connectivity index (χ0) is 18.7. The number of anilines is 1. The Morgan fingerprint density at radius 2 is 1.92 bits per heavy atom. The minimum Gasteiger partial charge on any atom is -0.455 e. The Balaban J connectivity index is 1.71. The third kappa shape index (κ3) is 3.74. The van der Waals surface area contributed by atoms with E-state index in [0.29, 0.717) is 22.6 Å². The van der Waals surface area contributed by atoms with Gasteiger partial charge in [-0.15, -0.1) is 0 Å². The summed E-state index contributed by atoms with van der Waals surface area (Å²) in [5.74, 6) is -0.217. The van der Waals surface area contributed by atoms with Gasteiger partial charge in [0.25, 0.3) is 0 Å². The van der Waals surface area contributed by atoms with Crippen LogP contribution in [0.25, 0.3) is 11.3 Å². The van der Waals surface area contributed by atoms with E-state index in [2.05, 4.69) is 5.16 Å². The average molecular weight is 354 g/mol. The van der Waals surface area contributed by atoms with Gasteiger partial charge in [-0.1, -0.05) is 11.2 Å². The van der Waals surface area contributed by atoms with Crippen LogP contribution in [0.2, 0.25) is 0 Å². The topological polar surface area (TPSA) is 55.6 Å². The number of carbonyl (C=O) groups excluding carboxylic acids is 1. The first-order valence-electron chi connectivity index (χ1n) is 8.11. The molecule has 0 aliphatic carbocycles. The van der Waals surface area contributed by atoms with E-state index >= 15 is 0 Å². The first-order chi connectivity index (χ1) is 12.5. The van der Waals surface area contributed by atoms with Gasteiger partial charge in [-0.05, 0) is 49.4 Å². The molecule has 6 heteroatoms. The van der Waals surface area contributed by atoms with Crippen molar-refractivity contribution in [2.75, 3.05) is 19.0 Å². The standard InChI is InChI=1S/C20H19FN2O3/c1-13-18(22-26-19(13)14-7-9-16(21)10-8-14)12-25-20(24)15-5-4-6-17(11-15)23(2)3/h4-11H,12H2,1-3H3. The number of hydrogen-bond acceptors (Lipinski definition) is 5. The van der Waals surface area contributed by atoms with Crippen LogP contribution in [0.1, 0.15) is 21.6 Å². The summed E-state index contributed by atoms with van der Waals surface area (Å²) in [6.07, 6.45) is 0. The quantitative estimate of drug-likeness (QED) is 0.643. The fourth-order valence-corrected chi connectivity index (χ4v) is 2.50. The Morgan fingerprint density at radius 1 is 1.19 bits per heavy atom. The summed E-state index contributed by atoms with van der Waals surface area (Å²) < 4.78 is 23.7. The van der Waals surface area contributed by atoms with Crippen molar-refractivity contribution in [1.29, 1.82) is 0 Å². The Labute approximate surface area is 151 Å². The van der Waals surface area contributed by atoms with E-state index in [4.69, 9.17) is 9.26 Å². The highest BCUT2D eigenvalue weighted by Gasteiger charge is 2.16. The molecule has 1 aromatic heterocycles. The molecule has 0 bridgehead atoms. The first kappa shape index (κ1) is 17.7. The highest BCUT2D eigenvalue weighted by molar-refractivity contribution is 5.90. The zero-order valence-electron chi connectivity index (χ0n) is 14.8. The molecule has 0 N–H and O–H groups in total. The molecule has 0 spiro atoms. The summed E-state index contributed by atoms with van der Waals surface area (Å²) in [6.45, 7) is 1.83. The second-order valence-electron chi connectivity index (χ2n) is 6.11. The fraction of sp³-hybridized carbons (Fsp3) is 0.200. The number of aromatic nitrogens is 1. The molecule has 0 atom stereocenters. The van der Waals surface area contributed by atoms with Crippen LogP contribution in [0, 0.1) is 12.7 Å². The van der Waals surface area contributed by atoms with Crippen molar-refractivity contribution in [1.82, 2.24) is 5.16 Å². The van der Waals surface area contributed by atoms with E-state index in [1.54, 1.807) is 30.3 Å². The van der Waals surface area contributed by atoms with Gasteiger partial charge in [0, 0.05) is 30.9 Å². The molecule has 0 aliphatic heterocycles. The molecule has 0 radical (unpaired) electrons. The Kier molecular flexibility index (Phi) is 5.02. The van der Waals surface area contributed by atoms with E-state index in [9.17, 15) is 9.18 Å². The molecule has 0 aliphatic rings. The number of ether oxygens (including phenoxy) is 1. The summed E-state index contributed by atoms with van der Waals surface area (Å²) in [4.78, 5) is 14.2. The molecular weight excluding hydrogens is 335 g/mol. The van der Waals surface area contributed by atoms with E-state index in [0.717, 1.165) is 11.3 Å².